The number of hydrogen-bond donors (Lipinski definition) is 4. The van der Waals surface area contributed by atoms with Crippen LogP contribution < -0.4 is 20.1 Å². The molecule has 240 valence electrons. The van der Waals surface area contributed by atoms with Crippen LogP contribution in [0.25, 0.3) is 10.9 Å². The van der Waals surface area contributed by atoms with E-state index in [4.69, 9.17) is 23.8 Å². The summed E-state index contributed by atoms with van der Waals surface area (Å²) < 4.78 is 53.9. The number of hydrogen-bond acceptors (Lipinski definition) is 11. The van der Waals surface area contributed by atoms with Gasteiger partial charge >= 0.3 is 7.82 Å². The van der Waals surface area contributed by atoms with Gasteiger partial charge in [-0.05, 0) is 44.0 Å². The van der Waals surface area contributed by atoms with Crippen molar-refractivity contribution in [3.05, 3.63) is 59.4 Å². The predicted octanol–water partition coefficient (Wildman–Crippen LogP) is 4.64. The Labute approximate surface area is 260 Å². The first-order valence-electron chi connectivity index (χ1n) is 13.9. The molecule has 4 N–H and O–H groups in total. The fraction of sp³-hybridized carbons (Fsp3) is 0.357. The number of anilines is 3. The Bertz CT molecular complexity index is 1710. The number of amides is 1. The molecular weight excluding hydrogens is 633 g/mol. The molecule has 0 saturated carbocycles. The first-order chi connectivity index (χ1) is 21.6. The Morgan fingerprint density at radius 1 is 1.16 bits per heavy atom. The van der Waals surface area contributed by atoms with Crippen LogP contribution in [0.15, 0.2) is 42.9 Å². The number of carbonyl (C=O) groups is 1. The van der Waals surface area contributed by atoms with Crippen molar-refractivity contribution < 1.29 is 41.9 Å². The lowest BCUT2D eigenvalue weighted by Crippen LogP contribution is -2.34. The average molecular weight is 665 g/mol. The van der Waals surface area contributed by atoms with Gasteiger partial charge in [-0.15, -0.1) is 11.3 Å². The highest BCUT2D eigenvalue weighted by Gasteiger charge is 2.27. The second-order valence-electron chi connectivity index (χ2n) is 10.2. The maximum atomic E-state index is 13.4. The van der Waals surface area contributed by atoms with E-state index in [0.29, 0.717) is 57.8 Å². The third kappa shape index (κ3) is 8.90. The number of halogens is 2. The number of carbonyl (C=O) groups excluding carboxylic acids is 1. The van der Waals surface area contributed by atoms with Gasteiger partial charge in [0.05, 0.1) is 32.3 Å². The van der Waals surface area contributed by atoms with Crippen molar-refractivity contribution in [2.24, 2.45) is 0 Å². The maximum absolute atomic E-state index is 13.4. The van der Waals surface area contributed by atoms with E-state index in [2.05, 4.69) is 30.5 Å². The van der Waals surface area contributed by atoms with E-state index in [1.54, 1.807) is 18.3 Å². The molecule has 0 spiro atoms. The minimum absolute atomic E-state index is 0.0167. The van der Waals surface area contributed by atoms with E-state index in [0.717, 1.165) is 31.5 Å². The molecule has 1 aliphatic rings. The molecule has 0 aliphatic carbocycles. The molecule has 45 heavy (non-hydrogen) atoms. The molecule has 1 saturated heterocycles. The Morgan fingerprint density at radius 3 is 2.78 bits per heavy atom. The maximum Gasteiger partial charge on any atom is 0.469 e. The minimum Gasteiger partial charge on any atom is -0.493 e. The van der Waals surface area contributed by atoms with Crippen molar-refractivity contribution in [3.8, 4) is 11.5 Å². The van der Waals surface area contributed by atoms with Gasteiger partial charge in [0, 0.05) is 46.9 Å². The molecule has 5 rings (SSSR count). The van der Waals surface area contributed by atoms with Crippen molar-refractivity contribution in [2.75, 3.05) is 44.0 Å². The zero-order chi connectivity index (χ0) is 32.0. The number of nitrogens with one attached hydrogen (secondary N) is 2. The summed E-state index contributed by atoms with van der Waals surface area (Å²) in [6, 6.07) is 6.60. The summed E-state index contributed by atoms with van der Waals surface area (Å²) in [5.74, 6) is -1.01. The van der Waals surface area contributed by atoms with Crippen LogP contribution in [0.4, 0.5) is 25.4 Å². The van der Waals surface area contributed by atoms with E-state index < -0.39 is 25.4 Å². The summed E-state index contributed by atoms with van der Waals surface area (Å²) in [7, 11) is -2.98. The van der Waals surface area contributed by atoms with Crippen LogP contribution >= 0.6 is 19.2 Å². The van der Waals surface area contributed by atoms with Gasteiger partial charge in [0.25, 0.3) is 0 Å². The number of aromatic nitrogens is 3. The standard InChI is InChI=1S/C28H31F2N6O7PS/c1-41-24-12-20-23(13-25(24)42-9-3-8-36-7-2-4-18(36)15-43-44(38,39)40)32-16-33-27(20)35-28-31-14-19(45-28)11-26(37)34-17-5-6-21(29)22(30)10-17/h5-6,10,12-14,16,18H,2-4,7-9,11,15H2,1H3,(H,34,37)(H2,38,39,40)(H,31,32,33,35)/t18-/m1/s1. The van der Waals surface area contributed by atoms with Gasteiger partial charge in [-0.3, -0.25) is 14.2 Å². The highest BCUT2D eigenvalue weighted by Crippen LogP contribution is 2.37. The Balaban J connectivity index is 1.18. The fourth-order valence-electron chi connectivity index (χ4n) is 4.93. The molecule has 3 heterocycles. The molecule has 1 atom stereocenters. The molecule has 1 fully saturated rings. The third-order valence-corrected chi connectivity index (χ3v) is 8.42. The Hall–Kier alpha value is -3.79. The quantitative estimate of drug-likeness (QED) is 0.109. The number of ether oxygens (including phenoxy) is 2. The molecule has 0 bridgehead atoms. The third-order valence-electron chi connectivity index (χ3n) is 7.02. The van der Waals surface area contributed by atoms with Gasteiger partial charge in [0.2, 0.25) is 5.91 Å². The SMILES string of the molecule is COc1cc2c(Nc3ncc(CC(=O)Nc4ccc(F)c(F)c4)s3)ncnc2cc1OCCCN1CCC[C@@H]1COP(=O)(O)O. The van der Waals surface area contributed by atoms with Crippen LogP contribution in [-0.4, -0.2) is 75.0 Å². The van der Waals surface area contributed by atoms with Crippen molar-refractivity contribution in [3.63, 3.8) is 0 Å². The van der Waals surface area contributed by atoms with Crippen molar-refractivity contribution >= 4 is 52.6 Å². The van der Waals surface area contributed by atoms with Crippen molar-refractivity contribution in [1.29, 1.82) is 0 Å². The zero-order valence-corrected chi connectivity index (χ0v) is 25.8. The minimum atomic E-state index is -4.50. The second kappa shape index (κ2) is 14.5. The number of fused-ring (bicyclic) bond motifs is 1. The second-order valence-corrected chi connectivity index (χ2v) is 12.5. The van der Waals surface area contributed by atoms with Crippen molar-refractivity contribution in [1.82, 2.24) is 19.9 Å². The first kappa shape index (κ1) is 32.6. The van der Waals surface area contributed by atoms with Gasteiger partial charge in [-0.2, -0.15) is 0 Å². The average Bonchev–Trinajstić information content (AvgIpc) is 3.64. The molecule has 2 aromatic carbocycles. The smallest absolute Gasteiger partial charge is 0.469 e. The van der Waals surface area contributed by atoms with Crippen LogP contribution in [0.2, 0.25) is 0 Å². The van der Waals surface area contributed by atoms with Gasteiger partial charge in [-0.1, -0.05) is 0 Å². The number of rotatable bonds is 14. The zero-order valence-electron chi connectivity index (χ0n) is 24.1. The van der Waals surface area contributed by atoms with Gasteiger partial charge in [0.1, 0.15) is 12.1 Å². The summed E-state index contributed by atoms with van der Waals surface area (Å²) in [6.07, 6.45) is 5.35. The fourth-order valence-corrected chi connectivity index (χ4v) is 6.11. The van der Waals surface area contributed by atoms with E-state index in [1.165, 1.54) is 30.8 Å². The highest BCUT2D eigenvalue weighted by molar-refractivity contribution is 7.46. The van der Waals surface area contributed by atoms with Gasteiger partial charge in [0.15, 0.2) is 28.3 Å². The summed E-state index contributed by atoms with van der Waals surface area (Å²) in [5, 5.41) is 6.83. The highest BCUT2D eigenvalue weighted by atomic mass is 32.1. The molecule has 2 aromatic heterocycles. The van der Waals surface area contributed by atoms with Crippen molar-refractivity contribution in [2.45, 2.75) is 31.7 Å². The number of methoxy groups -OCH3 is 1. The summed E-state index contributed by atoms with van der Waals surface area (Å²) >= 11 is 1.24. The molecule has 1 amide bonds. The molecule has 0 unspecified atom stereocenters. The summed E-state index contributed by atoms with van der Waals surface area (Å²) in [5.41, 5.74) is 0.748. The molecular formula is C28H31F2N6O7PS. The van der Waals surface area contributed by atoms with Crippen LogP contribution in [0.5, 0.6) is 11.5 Å². The molecule has 13 nitrogen and oxygen atoms in total. The van der Waals surface area contributed by atoms with Gasteiger partial charge in [-0.25, -0.2) is 28.3 Å². The summed E-state index contributed by atoms with van der Waals surface area (Å²) in [6.45, 7) is 1.87. The lowest BCUT2D eigenvalue weighted by atomic mass is 10.2. The lowest BCUT2D eigenvalue weighted by Gasteiger charge is -2.24. The van der Waals surface area contributed by atoms with Crippen LogP contribution in [0.1, 0.15) is 24.1 Å². The number of benzene rings is 2. The van der Waals surface area contributed by atoms with E-state index >= 15 is 0 Å². The normalized spacial score (nSPS) is 15.4. The lowest BCUT2D eigenvalue weighted by molar-refractivity contribution is -0.115. The molecule has 4 aromatic rings. The number of thiazole rings is 1. The Kier molecular flexibility index (Phi) is 10.5. The first-order valence-corrected chi connectivity index (χ1v) is 16.3. The topological polar surface area (TPSA) is 168 Å². The van der Waals surface area contributed by atoms with Gasteiger partial charge < -0.3 is 29.9 Å². The molecule has 17 heteroatoms. The Morgan fingerprint density at radius 2 is 2.00 bits per heavy atom. The van der Waals surface area contributed by atoms with E-state index in [9.17, 15) is 18.1 Å². The monoisotopic (exact) mass is 664 g/mol. The number of likely N-dealkylation sites (tertiary alicyclic amines) is 1. The molecule has 0 radical (unpaired) electrons. The van der Waals surface area contributed by atoms with E-state index in [-0.39, 0.29) is 24.8 Å². The van der Waals surface area contributed by atoms with Crippen LogP contribution in [-0.2, 0) is 20.3 Å². The summed E-state index contributed by atoms with van der Waals surface area (Å²) in [4.78, 5) is 46.2. The predicted molar refractivity (Wildman–Crippen MR) is 163 cm³/mol. The number of phosphoric ester groups is 1. The number of phosphoric acid groups is 1. The largest absolute Gasteiger partial charge is 0.493 e. The number of nitrogens with zero attached hydrogens (tertiary/aromatic N) is 4. The molecule has 1 aliphatic heterocycles. The van der Waals surface area contributed by atoms with Crippen LogP contribution in [0.3, 0.4) is 0 Å². The van der Waals surface area contributed by atoms with Crippen LogP contribution in [0, 0.1) is 11.6 Å². The van der Waals surface area contributed by atoms with E-state index in [1.807, 2.05) is 0 Å².